The first kappa shape index (κ1) is 25.6. The van der Waals surface area contributed by atoms with Gasteiger partial charge >= 0.3 is 5.97 Å². The summed E-state index contributed by atoms with van der Waals surface area (Å²) in [5.74, 6) is -1.54. The maximum atomic E-state index is 13.0. The first-order valence-corrected chi connectivity index (χ1v) is 13.7. The molecule has 1 unspecified atom stereocenters. The van der Waals surface area contributed by atoms with Crippen molar-refractivity contribution >= 4 is 56.4 Å². The number of morpholine rings is 1. The average molecular weight is 542 g/mol. The molecule has 0 radical (unpaired) electrons. The van der Waals surface area contributed by atoms with Gasteiger partial charge in [-0.3, -0.25) is 9.59 Å². The second kappa shape index (κ2) is 11.0. The van der Waals surface area contributed by atoms with Gasteiger partial charge in [-0.1, -0.05) is 17.7 Å². The summed E-state index contributed by atoms with van der Waals surface area (Å²) >= 11 is 7.43. The van der Waals surface area contributed by atoms with E-state index in [-0.39, 0.29) is 47.8 Å². The van der Waals surface area contributed by atoms with E-state index in [4.69, 9.17) is 21.1 Å². The van der Waals surface area contributed by atoms with E-state index in [1.807, 2.05) is 0 Å². The van der Waals surface area contributed by atoms with Crippen molar-refractivity contribution in [2.24, 2.45) is 0 Å². The number of carbonyl (C=O) groups is 3. The maximum absolute atomic E-state index is 13.0. The number of likely N-dealkylation sites (tertiary alicyclic amines) is 1. The van der Waals surface area contributed by atoms with Crippen molar-refractivity contribution in [1.82, 2.24) is 9.21 Å². The molecule has 0 aliphatic carbocycles. The van der Waals surface area contributed by atoms with Crippen molar-refractivity contribution in [1.29, 1.82) is 0 Å². The molecule has 0 spiro atoms. The Morgan fingerprint density at radius 1 is 1.17 bits per heavy atom. The van der Waals surface area contributed by atoms with Gasteiger partial charge in [-0.15, -0.1) is 11.3 Å². The molecule has 0 saturated carbocycles. The fraction of sp³-hybridized carbons (Fsp3) is 0.409. The van der Waals surface area contributed by atoms with Crippen LogP contribution in [0, 0.1) is 0 Å². The number of anilines is 1. The predicted octanol–water partition coefficient (Wildman–Crippen LogP) is 2.21. The highest BCUT2D eigenvalue weighted by Crippen LogP contribution is 2.28. The van der Waals surface area contributed by atoms with Crippen molar-refractivity contribution in [2.45, 2.75) is 23.8 Å². The Kier molecular flexibility index (Phi) is 8.07. The average Bonchev–Trinajstić information content (AvgIpc) is 3.56. The number of nitrogens with zero attached hydrogens (tertiary/aromatic N) is 2. The third-order valence-electron chi connectivity index (χ3n) is 5.67. The van der Waals surface area contributed by atoms with Crippen LogP contribution in [-0.2, 0) is 29.1 Å². The van der Waals surface area contributed by atoms with Gasteiger partial charge in [0.25, 0.3) is 11.8 Å². The molecule has 10 nitrogen and oxygen atoms in total. The van der Waals surface area contributed by atoms with Crippen LogP contribution in [0.1, 0.15) is 22.5 Å². The Morgan fingerprint density at radius 3 is 2.66 bits per heavy atom. The Labute approximate surface area is 211 Å². The molecule has 2 aromatic rings. The van der Waals surface area contributed by atoms with E-state index in [0.717, 1.165) is 0 Å². The molecule has 3 heterocycles. The minimum Gasteiger partial charge on any atom is -0.454 e. The molecule has 35 heavy (non-hydrogen) atoms. The van der Waals surface area contributed by atoms with Crippen molar-refractivity contribution < 1.29 is 32.3 Å². The highest BCUT2D eigenvalue weighted by atomic mass is 35.5. The van der Waals surface area contributed by atoms with Gasteiger partial charge in [0.05, 0.1) is 23.1 Å². The Hall–Kier alpha value is -2.51. The van der Waals surface area contributed by atoms with Crippen molar-refractivity contribution in [3.05, 3.63) is 45.6 Å². The number of esters is 1. The van der Waals surface area contributed by atoms with Gasteiger partial charge in [0.2, 0.25) is 10.0 Å². The number of amides is 2. The highest BCUT2D eigenvalue weighted by Gasteiger charge is 2.36. The van der Waals surface area contributed by atoms with Crippen molar-refractivity contribution in [2.75, 3.05) is 44.8 Å². The molecule has 188 valence electrons. The standard InChI is InChI=1S/C22H24ClN3O7S2/c23-16-6-5-15(13-19(16)35(30,31)25-8-10-32-11-9-25)24-20(27)14-33-22(29)17-3-1-7-26(17)21(28)18-4-2-12-34-18/h2,4-6,12-13,17H,1,3,7-11,14H2,(H,24,27). The summed E-state index contributed by atoms with van der Waals surface area (Å²) in [7, 11) is -3.87. The SMILES string of the molecule is O=C(COC(=O)C1CCCN1C(=O)c1cccs1)Nc1ccc(Cl)c(S(=O)(=O)N2CCOCC2)c1. The topological polar surface area (TPSA) is 122 Å². The fourth-order valence-corrected chi connectivity index (χ4v) is 6.52. The van der Waals surface area contributed by atoms with Crippen LogP contribution in [0.4, 0.5) is 5.69 Å². The number of sulfonamides is 1. The lowest BCUT2D eigenvalue weighted by atomic mass is 10.2. The van der Waals surface area contributed by atoms with Gasteiger partial charge < -0.3 is 19.7 Å². The van der Waals surface area contributed by atoms with Crippen LogP contribution in [0.15, 0.2) is 40.6 Å². The lowest BCUT2D eigenvalue weighted by Gasteiger charge is -2.26. The minimum atomic E-state index is -3.87. The molecule has 2 fully saturated rings. The normalized spacial score (nSPS) is 18.9. The molecule has 1 aromatic heterocycles. The van der Waals surface area contributed by atoms with Gasteiger partial charge in [0.15, 0.2) is 6.61 Å². The van der Waals surface area contributed by atoms with Crippen LogP contribution in [0.3, 0.4) is 0 Å². The summed E-state index contributed by atoms with van der Waals surface area (Å²) in [6.45, 7) is 0.848. The van der Waals surface area contributed by atoms with E-state index in [2.05, 4.69) is 5.32 Å². The van der Waals surface area contributed by atoms with Crippen LogP contribution in [0.25, 0.3) is 0 Å². The number of benzene rings is 1. The Balaban J connectivity index is 1.36. The first-order valence-electron chi connectivity index (χ1n) is 11.0. The molecule has 4 rings (SSSR count). The van der Waals surface area contributed by atoms with E-state index in [1.165, 1.54) is 38.7 Å². The molecular weight excluding hydrogens is 518 g/mol. The summed E-state index contributed by atoms with van der Waals surface area (Å²) in [6.07, 6.45) is 1.12. The molecule has 0 bridgehead atoms. The molecule has 2 amide bonds. The molecule has 1 atom stereocenters. The van der Waals surface area contributed by atoms with Gasteiger partial charge in [-0.05, 0) is 42.5 Å². The zero-order valence-corrected chi connectivity index (χ0v) is 21.0. The minimum absolute atomic E-state index is 0.0256. The van der Waals surface area contributed by atoms with E-state index in [9.17, 15) is 22.8 Å². The quantitative estimate of drug-likeness (QED) is 0.533. The zero-order valence-electron chi connectivity index (χ0n) is 18.6. The van der Waals surface area contributed by atoms with Crippen LogP contribution in [0.5, 0.6) is 0 Å². The van der Waals surface area contributed by atoms with Gasteiger partial charge in [0.1, 0.15) is 10.9 Å². The van der Waals surface area contributed by atoms with Crippen LogP contribution < -0.4 is 5.32 Å². The molecule has 1 aromatic carbocycles. The number of halogens is 1. The summed E-state index contributed by atoms with van der Waals surface area (Å²) < 4.78 is 37.5. The van der Waals surface area contributed by atoms with E-state index in [1.54, 1.807) is 17.5 Å². The van der Waals surface area contributed by atoms with E-state index < -0.39 is 34.5 Å². The number of ether oxygens (including phenoxy) is 2. The summed E-state index contributed by atoms with van der Waals surface area (Å²) in [5.41, 5.74) is 0.192. The summed E-state index contributed by atoms with van der Waals surface area (Å²) in [6, 6.07) is 6.81. The number of hydrogen-bond acceptors (Lipinski definition) is 8. The zero-order chi connectivity index (χ0) is 25.0. The van der Waals surface area contributed by atoms with Crippen molar-refractivity contribution in [3.63, 3.8) is 0 Å². The van der Waals surface area contributed by atoms with Gasteiger partial charge in [-0.25, -0.2) is 13.2 Å². The molecular formula is C22H24ClN3O7S2. The van der Waals surface area contributed by atoms with Gasteiger partial charge in [-0.2, -0.15) is 4.31 Å². The van der Waals surface area contributed by atoms with Crippen LogP contribution in [-0.4, -0.2) is 80.9 Å². The van der Waals surface area contributed by atoms with E-state index in [0.29, 0.717) is 24.3 Å². The van der Waals surface area contributed by atoms with Crippen molar-refractivity contribution in [3.8, 4) is 0 Å². The number of hydrogen-bond donors (Lipinski definition) is 1. The first-order chi connectivity index (χ1) is 16.8. The highest BCUT2D eigenvalue weighted by molar-refractivity contribution is 7.89. The largest absolute Gasteiger partial charge is 0.454 e. The Morgan fingerprint density at radius 2 is 1.94 bits per heavy atom. The lowest BCUT2D eigenvalue weighted by Crippen LogP contribution is -2.41. The molecule has 2 aliphatic rings. The Bertz CT molecular complexity index is 1200. The summed E-state index contributed by atoms with van der Waals surface area (Å²) in [4.78, 5) is 39.5. The number of carbonyl (C=O) groups excluding carboxylic acids is 3. The lowest BCUT2D eigenvalue weighted by molar-refractivity contribution is -0.151. The molecule has 2 saturated heterocycles. The van der Waals surface area contributed by atoms with Crippen LogP contribution in [0.2, 0.25) is 5.02 Å². The molecule has 13 heteroatoms. The number of thiophene rings is 1. The summed E-state index contributed by atoms with van der Waals surface area (Å²) in [5, 5.41) is 4.34. The number of rotatable bonds is 7. The second-order valence-electron chi connectivity index (χ2n) is 7.95. The van der Waals surface area contributed by atoms with E-state index >= 15 is 0 Å². The predicted molar refractivity (Wildman–Crippen MR) is 129 cm³/mol. The van der Waals surface area contributed by atoms with Gasteiger partial charge in [0, 0.05) is 25.3 Å². The van der Waals surface area contributed by atoms with Crippen LogP contribution >= 0.6 is 22.9 Å². The molecule has 1 N–H and O–H groups in total. The number of nitrogens with one attached hydrogen (secondary N) is 1. The maximum Gasteiger partial charge on any atom is 0.329 e. The third-order valence-corrected chi connectivity index (χ3v) is 8.90. The second-order valence-corrected chi connectivity index (χ2v) is 11.2. The fourth-order valence-electron chi connectivity index (χ4n) is 3.93. The monoisotopic (exact) mass is 541 g/mol. The smallest absolute Gasteiger partial charge is 0.329 e. The molecule has 2 aliphatic heterocycles. The third kappa shape index (κ3) is 5.84.